The zero-order valence-electron chi connectivity index (χ0n) is 15.9. The number of rotatable bonds is 6. The number of carbonyl (C=O) groups is 3. The number of nitrogens with zero attached hydrogens (tertiary/aromatic N) is 2. The average molecular weight is 431 g/mol. The van der Waals surface area contributed by atoms with Crippen molar-refractivity contribution in [2.75, 3.05) is 12.1 Å². The Bertz CT molecular complexity index is 1060. The zero-order chi connectivity index (χ0) is 22.0. The predicted molar refractivity (Wildman–Crippen MR) is 98.7 cm³/mol. The second kappa shape index (κ2) is 8.53. The fourth-order valence-electron chi connectivity index (χ4n) is 3.33. The molecule has 1 aromatic heterocycles. The molecule has 12 nitrogen and oxygen atoms in total. The summed E-state index contributed by atoms with van der Waals surface area (Å²) in [5, 5.41) is 8.87. The first-order valence-corrected chi connectivity index (χ1v) is 9.22. The van der Waals surface area contributed by atoms with Gasteiger partial charge >= 0.3 is 23.6 Å². The van der Waals surface area contributed by atoms with Crippen molar-refractivity contribution in [1.29, 1.82) is 0 Å². The Morgan fingerprint density at radius 1 is 1.10 bits per heavy atom. The van der Waals surface area contributed by atoms with E-state index in [9.17, 15) is 19.2 Å². The Labute approximate surface area is 174 Å². The van der Waals surface area contributed by atoms with Crippen LogP contribution in [-0.4, -0.2) is 57.6 Å². The lowest BCUT2D eigenvalue weighted by Gasteiger charge is -2.27. The van der Waals surface area contributed by atoms with Crippen LogP contribution in [0.2, 0.25) is 0 Å². The second-order valence-corrected chi connectivity index (χ2v) is 6.76. The molecule has 2 aliphatic heterocycles. The second-order valence-electron chi connectivity index (χ2n) is 6.76. The first-order chi connectivity index (χ1) is 15.0. The standard InChI is InChI=1S/C19H17N3O9/c23-13(8-10-4-2-1-3-5-10)28-9-11-14-15(31-18(25)17(24)30-14)16(29-11)22-7-6-12(21-27)20-19(22)26/h1-7,11,14-16,27H,8-9H2,(H,20,21,26)/t11-,14-,15-,16-/m1/s1. The van der Waals surface area contributed by atoms with E-state index in [0.717, 1.165) is 10.1 Å². The van der Waals surface area contributed by atoms with E-state index in [-0.39, 0.29) is 18.8 Å². The van der Waals surface area contributed by atoms with E-state index >= 15 is 0 Å². The number of carbonyl (C=O) groups excluding carboxylic acids is 3. The summed E-state index contributed by atoms with van der Waals surface area (Å²) < 4.78 is 22.2. The number of benzene rings is 1. The Kier molecular flexibility index (Phi) is 5.64. The number of aromatic nitrogens is 2. The van der Waals surface area contributed by atoms with E-state index < -0.39 is 48.1 Å². The number of ether oxygens (including phenoxy) is 4. The van der Waals surface area contributed by atoms with Crippen LogP contribution in [0.15, 0.2) is 47.4 Å². The van der Waals surface area contributed by atoms with Gasteiger partial charge in [0.25, 0.3) is 0 Å². The first-order valence-electron chi connectivity index (χ1n) is 9.22. The molecule has 2 aromatic rings. The molecule has 12 heteroatoms. The minimum Gasteiger partial charge on any atom is -0.463 e. The molecule has 2 fully saturated rings. The Morgan fingerprint density at radius 3 is 2.48 bits per heavy atom. The minimum atomic E-state index is -1.23. The van der Waals surface area contributed by atoms with E-state index in [2.05, 4.69) is 4.98 Å². The number of hydrogen-bond acceptors (Lipinski definition) is 11. The summed E-state index contributed by atoms with van der Waals surface area (Å²) in [6, 6.07) is 10.2. The van der Waals surface area contributed by atoms with Crippen molar-refractivity contribution >= 4 is 23.7 Å². The molecule has 1 aromatic carbocycles. The summed E-state index contributed by atoms with van der Waals surface area (Å²) in [5.41, 5.74) is 1.67. The summed E-state index contributed by atoms with van der Waals surface area (Å²) in [6.45, 7) is -0.299. The molecular formula is C19H17N3O9. The van der Waals surface area contributed by atoms with Gasteiger partial charge in [-0.15, -0.1) is 0 Å². The quantitative estimate of drug-likeness (QED) is 0.265. The lowest BCUT2D eigenvalue weighted by Crippen LogP contribution is -2.48. The summed E-state index contributed by atoms with van der Waals surface area (Å²) in [7, 11) is 0. The van der Waals surface area contributed by atoms with Gasteiger partial charge in [0.15, 0.2) is 24.3 Å². The van der Waals surface area contributed by atoms with Crippen LogP contribution >= 0.6 is 0 Å². The molecule has 0 saturated carbocycles. The molecule has 31 heavy (non-hydrogen) atoms. The average Bonchev–Trinajstić information content (AvgIpc) is 3.10. The molecule has 0 aliphatic carbocycles. The maximum Gasteiger partial charge on any atom is 0.418 e. The molecule has 3 heterocycles. The zero-order valence-corrected chi connectivity index (χ0v) is 15.9. The molecule has 4 atom stereocenters. The number of fused-ring (bicyclic) bond motifs is 1. The molecule has 4 rings (SSSR count). The fourth-order valence-corrected chi connectivity index (χ4v) is 3.33. The van der Waals surface area contributed by atoms with Gasteiger partial charge in [-0.3, -0.25) is 20.0 Å². The Morgan fingerprint density at radius 2 is 1.81 bits per heavy atom. The largest absolute Gasteiger partial charge is 0.463 e. The number of hydrogen-bond donors (Lipinski definition) is 2. The van der Waals surface area contributed by atoms with Crippen molar-refractivity contribution in [2.45, 2.75) is 31.0 Å². The van der Waals surface area contributed by atoms with Crippen molar-refractivity contribution in [3.8, 4) is 0 Å². The third-order valence-electron chi connectivity index (χ3n) is 4.76. The molecule has 2 N–H and O–H groups in total. The van der Waals surface area contributed by atoms with Gasteiger partial charge in [-0.2, -0.15) is 4.98 Å². The van der Waals surface area contributed by atoms with Gasteiger partial charge in [-0.25, -0.2) is 14.4 Å². The van der Waals surface area contributed by atoms with E-state index in [1.54, 1.807) is 29.7 Å². The van der Waals surface area contributed by atoms with Crippen molar-refractivity contribution in [3.63, 3.8) is 0 Å². The Balaban J connectivity index is 1.50. The van der Waals surface area contributed by atoms with Crippen LogP contribution in [0.5, 0.6) is 0 Å². The van der Waals surface area contributed by atoms with Crippen molar-refractivity contribution in [3.05, 3.63) is 58.6 Å². The highest BCUT2D eigenvalue weighted by atomic mass is 16.7. The number of nitrogens with one attached hydrogen (secondary N) is 1. The van der Waals surface area contributed by atoms with Gasteiger partial charge in [0.1, 0.15) is 12.7 Å². The molecule has 2 saturated heterocycles. The van der Waals surface area contributed by atoms with Crippen LogP contribution in [0.3, 0.4) is 0 Å². The van der Waals surface area contributed by atoms with E-state index in [0.29, 0.717) is 0 Å². The van der Waals surface area contributed by atoms with Crippen LogP contribution in [0.4, 0.5) is 5.82 Å². The molecule has 0 amide bonds. The summed E-state index contributed by atoms with van der Waals surface area (Å²) >= 11 is 0. The SMILES string of the molecule is O=C(Cc1ccccc1)OC[C@H]1O[C@@H](n2ccc(NO)nc2=O)[C@@H]2OC(=O)C(=O)O[C@@H]21. The Hall–Kier alpha value is -3.77. The molecule has 0 bridgehead atoms. The fraction of sp³-hybridized carbons (Fsp3) is 0.316. The molecule has 162 valence electrons. The molecular weight excluding hydrogens is 414 g/mol. The third kappa shape index (κ3) is 4.25. The van der Waals surface area contributed by atoms with Gasteiger partial charge in [0.05, 0.1) is 6.42 Å². The van der Waals surface area contributed by atoms with Gasteiger partial charge in [-0.05, 0) is 11.6 Å². The van der Waals surface area contributed by atoms with Crippen LogP contribution < -0.4 is 11.2 Å². The monoisotopic (exact) mass is 431 g/mol. The van der Waals surface area contributed by atoms with Crippen molar-refractivity contribution in [1.82, 2.24) is 9.55 Å². The summed E-state index contributed by atoms with van der Waals surface area (Å²) in [6.07, 6.45) is -3.15. The van der Waals surface area contributed by atoms with E-state index in [1.807, 2.05) is 6.07 Å². The highest BCUT2D eigenvalue weighted by Gasteiger charge is 2.55. The van der Waals surface area contributed by atoms with Gasteiger partial charge in [-0.1, -0.05) is 30.3 Å². The van der Waals surface area contributed by atoms with Crippen molar-refractivity contribution in [2.24, 2.45) is 0 Å². The third-order valence-corrected chi connectivity index (χ3v) is 4.76. The summed E-state index contributed by atoms with van der Waals surface area (Å²) in [5.74, 6) is -3.08. The lowest BCUT2D eigenvalue weighted by atomic mass is 10.1. The van der Waals surface area contributed by atoms with Crippen molar-refractivity contribution < 1.29 is 38.5 Å². The van der Waals surface area contributed by atoms with Crippen LogP contribution in [-0.2, 0) is 39.8 Å². The van der Waals surface area contributed by atoms with Crippen LogP contribution in [0, 0.1) is 0 Å². The van der Waals surface area contributed by atoms with Gasteiger partial charge < -0.3 is 18.9 Å². The highest BCUT2D eigenvalue weighted by Crippen LogP contribution is 2.35. The maximum atomic E-state index is 12.3. The highest BCUT2D eigenvalue weighted by molar-refractivity contribution is 6.30. The lowest BCUT2D eigenvalue weighted by molar-refractivity contribution is -0.195. The van der Waals surface area contributed by atoms with Crippen LogP contribution in [0.1, 0.15) is 11.8 Å². The van der Waals surface area contributed by atoms with Gasteiger partial charge in [0.2, 0.25) is 0 Å². The van der Waals surface area contributed by atoms with Crippen LogP contribution in [0.25, 0.3) is 0 Å². The topological polar surface area (TPSA) is 155 Å². The predicted octanol–water partition coefficient (Wildman–Crippen LogP) is -0.435. The molecule has 0 spiro atoms. The smallest absolute Gasteiger partial charge is 0.418 e. The molecule has 0 radical (unpaired) electrons. The minimum absolute atomic E-state index is 0.0266. The van der Waals surface area contributed by atoms with E-state index in [1.165, 1.54) is 12.3 Å². The maximum absolute atomic E-state index is 12.3. The normalized spacial score (nSPS) is 24.7. The van der Waals surface area contributed by atoms with E-state index in [4.69, 9.17) is 24.2 Å². The molecule has 0 unspecified atom stereocenters. The first kappa shape index (κ1) is 20.5. The van der Waals surface area contributed by atoms with Gasteiger partial charge in [0, 0.05) is 6.20 Å². The number of anilines is 1. The molecule has 2 aliphatic rings. The number of esters is 3. The summed E-state index contributed by atoms with van der Waals surface area (Å²) in [4.78, 5) is 51.4.